The van der Waals surface area contributed by atoms with Crippen LogP contribution >= 0.6 is 0 Å². The number of hydrogen-bond acceptors (Lipinski definition) is 8. The topological polar surface area (TPSA) is 150 Å². The van der Waals surface area contributed by atoms with E-state index in [0.717, 1.165) is 28.5 Å². The van der Waals surface area contributed by atoms with Gasteiger partial charge < -0.3 is 26.9 Å². The molecule has 0 aliphatic rings. The van der Waals surface area contributed by atoms with Crippen LogP contribution in [0.3, 0.4) is 0 Å². The standard InChI is InChI=1S/C24H27N7O2.C3H8/c1-14-6-22(31-27-12-14)24(33)29-19-5-4-15(2)20(9-19)17-7-21(18(10-25)11-26)30-23(8-17)28-16(3)13-32;1-3-2/h4-12,16,25,32H,13,26H2,1-3H3,(H,28,30)(H,29,33);3H2,1-2H3/b18-11+,25-10?;. The molecule has 0 aliphatic heterocycles. The summed E-state index contributed by atoms with van der Waals surface area (Å²) in [7, 11) is 0. The summed E-state index contributed by atoms with van der Waals surface area (Å²) in [6.45, 7) is 9.83. The van der Waals surface area contributed by atoms with Crippen LogP contribution in [-0.2, 0) is 0 Å². The first kappa shape index (κ1) is 28.1. The number of anilines is 2. The van der Waals surface area contributed by atoms with Gasteiger partial charge in [0.1, 0.15) is 5.82 Å². The Labute approximate surface area is 212 Å². The molecular weight excluding hydrogens is 454 g/mol. The highest BCUT2D eigenvalue weighted by Crippen LogP contribution is 2.30. The Morgan fingerprint density at radius 3 is 2.50 bits per heavy atom. The molecule has 1 atom stereocenters. The van der Waals surface area contributed by atoms with Crippen molar-refractivity contribution in [1.29, 1.82) is 5.41 Å². The number of aliphatic hydroxyl groups is 1. The molecule has 3 aromatic rings. The molecule has 0 radical (unpaired) electrons. The SMILES string of the molecule is CCC.Cc1cnnc(C(=O)Nc2ccc(C)c(-c3cc(NC(C)CO)nc(/C(C=N)=C/N)c3)c2)c1. The van der Waals surface area contributed by atoms with Gasteiger partial charge in [0.25, 0.3) is 5.91 Å². The van der Waals surface area contributed by atoms with E-state index in [-0.39, 0.29) is 24.2 Å². The molecule has 0 spiro atoms. The van der Waals surface area contributed by atoms with Gasteiger partial charge >= 0.3 is 0 Å². The first-order valence-corrected chi connectivity index (χ1v) is 11.8. The predicted molar refractivity (Wildman–Crippen MR) is 146 cm³/mol. The largest absolute Gasteiger partial charge is 0.404 e. The minimum absolute atomic E-state index is 0.0617. The van der Waals surface area contributed by atoms with Gasteiger partial charge in [-0.25, -0.2) is 4.98 Å². The summed E-state index contributed by atoms with van der Waals surface area (Å²) in [6, 6.07) is 10.7. The number of nitrogens with zero attached hydrogens (tertiary/aromatic N) is 3. The average molecular weight is 490 g/mol. The molecule has 0 aliphatic carbocycles. The lowest BCUT2D eigenvalue weighted by Gasteiger charge is -2.16. The van der Waals surface area contributed by atoms with Crippen molar-refractivity contribution in [3.63, 3.8) is 0 Å². The van der Waals surface area contributed by atoms with Crippen molar-refractivity contribution >= 4 is 29.2 Å². The van der Waals surface area contributed by atoms with Crippen molar-refractivity contribution < 1.29 is 9.90 Å². The molecule has 0 bridgehead atoms. The van der Waals surface area contributed by atoms with Crippen LogP contribution in [0.2, 0.25) is 0 Å². The Balaban J connectivity index is 0.00000145. The van der Waals surface area contributed by atoms with Crippen molar-refractivity contribution in [2.75, 3.05) is 17.2 Å². The molecule has 0 saturated carbocycles. The van der Waals surface area contributed by atoms with Crippen LogP contribution in [0.1, 0.15) is 54.5 Å². The smallest absolute Gasteiger partial charge is 0.276 e. The zero-order valence-corrected chi connectivity index (χ0v) is 21.5. The summed E-state index contributed by atoms with van der Waals surface area (Å²) in [5.74, 6) is 0.182. The number of pyridine rings is 1. The first-order chi connectivity index (χ1) is 17.3. The van der Waals surface area contributed by atoms with E-state index in [4.69, 9.17) is 11.1 Å². The van der Waals surface area contributed by atoms with E-state index < -0.39 is 0 Å². The molecule has 6 N–H and O–H groups in total. The Bertz CT molecular complexity index is 1220. The lowest BCUT2D eigenvalue weighted by Crippen LogP contribution is -2.20. The maximum absolute atomic E-state index is 12.6. The van der Waals surface area contributed by atoms with Gasteiger partial charge in [-0.15, -0.1) is 5.10 Å². The fourth-order valence-corrected chi connectivity index (χ4v) is 3.19. The van der Waals surface area contributed by atoms with Gasteiger partial charge in [-0.3, -0.25) is 4.79 Å². The van der Waals surface area contributed by atoms with Crippen LogP contribution in [0.15, 0.2) is 48.8 Å². The molecule has 9 nitrogen and oxygen atoms in total. The number of benzene rings is 1. The fraction of sp³-hybridized carbons (Fsp3) is 0.296. The lowest BCUT2D eigenvalue weighted by atomic mass is 9.98. The second-order valence-electron chi connectivity index (χ2n) is 8.43. The van der Waals surface area contributed by atoms with E-state index >= 15 is 0 Å². The van der Waals surface area contributed by atoms with E-state index in [1.54, 1.807) is 12.3 Å². The Hall–Kier alpha value is -4.11. The molecule has 0 saturated heterocycles. The monoisotopic (exact) mass is 489 g/mol. The quantitative estimate of drug-likeness (QED) is 0.291. The number of carbonyl (C=O) groups excluding carboxylic acids is 1. The number of aryl methyl sites for hydroxylation is 2. The predicted octanol–water partition coefficient (Wildman–Crippen LogP) is 4.57. The highest BCUT2D eigenvalue weighted by molar-refractivity contribution is 6.08. The zero-order valence-electron chi connectivity index (χ0n) is 21.5. The minimum atomic E-state index is -0.354. The third-order valence-electron chi connectivity index (χ3n) is 4.95. The lowest BCUT2D eigenvalue weighted by molar-refractivity contribution is 0.102. The van der Waals surface area contributed by atoms with Crippen molar-refractivity contribution in [3.05, 3.63) is 71.3 Å². The minimum Gasteiger partial charge on any atom is -0.404 e. The summed E-state index contributed by atoms with van der Waals surface area (Å²) < 4.78 is 0. The van der Waals surface area contributed by atoms with E-state index in [1.807, 2.05) is 51.1 Å². The van der Waals surface area contributed by atoms with E-state index in [9.17, 15) is 9.90 Å². The second kappa shape index (κ2) is 13.7. The molecule has 2 heterocycles. The average Bonchev–Trinajstić information content (AvgIpc) is 2.86. The van der Waals surface area contributed by atoms with Crippen molar-refractivity contribution in [1.82, 2.24) is 15.2 Å². The molecule has 3 rings (SSSR count). The van der Waals surface area contributed by atoms with Gasteiger partial charge in [-0.2, -0.15) is 5.10 Å². The third kappa shape index (κ3) is 7.71. The number of carbonyl (C=O) groups is 1. The fourth-order valence-electron chi connectivity index (χ4n) is 3.19. The van der Waals surface area contributed by atoms with Crippen molar-refractivity contribution in [2.24, 2.45) is 5.73 Å². The summed E-state index contributed by atoms with van der Waals surface area (Å²) in [5.41, 5.74) is 11.0. The number of allylic oxidation sites excluding steroid dienone is 1. The zero-order chi connectivity index (χ0) is 26.7. The molecular formula is C27H35N7O2. The Morgan fingerprint density at radius 2 is 1.89 bits per heavy atom. The van der Waals surface area contributed by atoms with Gasteiger partial charge in [0.2, 0.25) is 0 Å². The van der Waals surface area contributed by atoms with Gasteiger partial charge in [-0.05, 0) is 73.4 Å². The highest BCUT2D eigenvalue weighted by Gasteiger charge is 2.14. The highest BCUT2D eigenvalue weighted by atomic mass is 16.3. The van der Waals surface area contributed by atoms with E-state index in [2.05, 4.69) is 39.7 Å². The van der Waals surface area contributed by atoms with Gasteiger partial charge in [0, 0.05) is 29.7 Å². The molecule has 1 unspecified atom stereocenters. The van der Waals surface area contributed by atoms with E-state index in [1.165, 1.54) is 12.6 Å². The number of aliphatic hydroxyl groups excluding tert-OH is 1. The summed E-state index contributed by atoms with van der Waals surface area (Å²) in [4.78, 5) is 17.2. The molecule has 1 aromatic carbocycles. The maximum Gasteiger partial charge on any atom is 0.276 e. The molecule has 1 amide bonds. The summed E-state index contributed by atoms with van der Waals surface area (Å²) >= 11 is 0. The summed E-state index contributed by atoms with van der Waals surface area (Å²) in [6.07, 6.45) is 5.30. The third-order valence-corrected chi connectivity index (χ3v) is 4.95. The van der Waals surface area contributed by atoms with Crippen LogP contribution in [0.25, 0.3) is 16.7 Å². The normalized spacial score (nSPS) is 11.7. The first-order valence-electron chi connectivity index (χ1n) is 11.8. The van der Waals surface area contributed by atoms with Gasteiger partial charge in [0.15, 0.2) is 5.69 Å². The van der Waals surface area contributed by atoms with Crippen LogP contribution in [0, 0.1) is 19.3 Å². The molecule has 9 heteroatoms. The Morgan fingerprint density at radius 1 is 1.17 bits per heavy atom. The van der Waals surface area contributed by atoms with Gasteiger partial charge in [-0.1, -0.05) is 26.3 Å². The van der Waals surface area contributed by atoms with Gasteiger partial charge in [0.05, 0.1) is 18.5 Å². The maximum atomic E-state index is 12.6. The number of rotatable bonds is 8. The number of nitrogens with one attached hydrogen (secondary N) is 3. The number of hydrogen-bond donors (Lipinski definition) is 5. The van der Waals surface area contributed by atoms with Crippen LogP contribution in [-0.4, -0.2) is 45.1 Å². The Kier molecular flexibility index (Phi) is 10.7. The van der Waals surface area contributed by atoms with Crippen LogP contribution in [0.4, 0.5) is 11.5 Å². The summed E-state index contributed by atoms with van der Waals surface area (Å²) in [5, 5.41) is 30.8. The van der Waals surface area contributed by atoms with Crippen molar-refractivity contribution in [3.8, 4) is 11.1 Å². The van der Waals surface area contributed by atoms with E-state index in [0.29, 0.717) is 22.8 Å². The molecule has 190 valence electrons. The number of amides is 1. The van der Waals surface area contributed by atoms with Crippen molar-refractivity contribution in [2.45, 2.75) is 47.1 Å². The number of aromatic nitrogens is 3. The number of nitrogens with two attached hydrogens (primary N) is 1. The second-order valence-corrected chi connectivity index (χ2v) is 8.43. The van der Waals surface area contributed by atoms with Crippen LogP contribution < -0.4 is 16.4 Å². The van der Waals surface area contributed by atoms with Crippen LogP contribution in [0.5, 0.6) is 0 Å². The molecule has 0 fully saturated rings. The molecule has 2 aromatic heterocycles. The molecule has 36 heavy (non-hydrogen) atoms.